The number of H-pyrrole nitrogens is 1. The van der Waals surface area contributed by atoms with Crippen molar-refractivity contribution < 1.29 is 0 Å². The molecule has 0 unspecified atom stereocenters. The van der Waals surface area contributed by atoms with E-state index in [9.17, 15) is 4.79 Å². The number of rotatable bonds is 5. The van der Waals surface area contributed by atoms with E-state index in [0.717, 1.165) is 67.3 Å². The molecule has 39 heavy (non-hydrogen) atoms. The fraction of sp³-hybridized carbons (Fsp3) is 0.194. The van der Waals surface area contributed by atoms with E-state index < -0.39 is 0 Å². The van der Waals surface area contributed by atoms with Gasteiger partial charge >= 0.3 is 0 Å². The molecule has 0 spiro atoms. The van der Waals surface area contributed by atoms with Gasteiger partial charge in [0.1, 0.15) is 11.9 Å². The highest BCUT2D eigenvalue weighted by atomic mass is 16.1. The first kappa shape index (κ1) is 24.5. The molecule has 1 aliphatic rings. The maximum Gasteiger partial charge on any atom is 0.257 e. The van der Waals surface area contributed by atoms with Gasteiger partial charge in [-0.1, -0.05) is 54.6 Å². The Kier molecular flexibility index (Phi) is 6.81. The minimum atomic E-state index is -0.139. The summed E-state index contributed by atoms with van der Waals surface area (Å²) in [4.78, 5) is 33.2. The van der Waals surface area contributed by atoms with Gasteiger partial charge in [-0.25, -0.2) is 15.0 Å². The van der Waals surface area contributed by atoms with Crippen molar-refractivity contribution in [2.45, 2.75) is 13.0 Å². The number of aromatic nitrogens is 4. The molecule has 1 fully saturated rings. The van der Waals surface area contributed by atoms with E-state index >= 15 is 0 Å². The van der Waals surface area contributed by atoms with Crippen LogP contribution in [0.4, 0.5) is 5.82 Å². The smallest absolute Gasteiger partial charge is 0.257 e. The van der Waals surface area contributed by atoms with Crippen LogP contribution in [0.15, 0.2) is 90.0 Å². The Bertz CT molecular complexity index is 1710. The first-order valence-corrected chi connectivity index (χ1v) is 13.1. The van der Waals surface area contributed by atoms with Crippen molar-refractivity contribution in [1.82, 2.24) is 24.8 Å². The van der Waals surface area contributed by atoms with Gasteiger partial charge in [-0.2, -0.15) is 5.26 Å². The zero-order chi connectivity index (χ0) is 26.6. The number of hydrogen-bond donors (Lipinski definition) is 1. The van der Waals surface area contributed by atoms with Gasteiger partial charge in [-0.15, -0.1) is 0 Å². The minimum absolute atomic E-state index is 0.139. The molecule has 1 saturated heterocycles. The van der Waals surface area contributed by atoms with Gasteiger partial charge in [0.25, 0.3) is 5.56 Å². The summed E-state index contributed by atoms with van der Waals surface area (Å²) in [6, 6.07) is 26.3. The monoisotopic (exact) mass is 513 g/mol. The van der Waals surface area contributed by atoms with Crippen molar-refractivity contribution in [2.24, 2.45) is 0 Å². The van der Waals surface area contributed by atoms with Gasteiger partial charge in [-0.3, -0.25) is 9.69 Å². The van der Waals surface area contributed by atoms with E-state index in [1.54, 1.807) is 12.4 Å². The Morgan fingerprint density at radius 2 is 1.74 bits per heavy atom. The summed E-state index contributed by atoms with van der Waals surface area (Å²) in [6.45, 7) is 4.50. The van der Waals surface area contributed by atoms with Crippen LogP contribution in [0, 0.1) is 11.3 Å². The molecule has 8 nitrogen and oxygen atoms in total. The third-order valence-corrected chi connectivity index (χ3v) is 7.12. The lowest BCUT2D eigenvalue weighted by Crippen LogP contribution is -2.31. The Labute approximate surface area is 226 Å². The summed E-state index contributed by atoms with van der Waals surface area (Å²) in [5, 5.41) is 9.71. The lowest BCUT2D eigenvalue weighted by molar-refractivity contribution is 0.285. The van der Waals surface area contributed by atoms with Gasteiger partial charge in [0.15, 0.2) is 0 Å². The molecule has 0 amide bonds. The van der Waals surface area contributed by atoms with Crippen molar-refractivity contribution in [1.29, 1.82) is 5.26 Å². The topological polar surface area (TPSA) is 102 Å². The molecule has 8 heteroatoms. The van der Waals surface area contributed by atoms with Crippen molar-refractivity contribution in [2.75, 3.05) is 31.1 Å². The van der Waals surface area contributed by atoms with Crippen LogP contribution in [0.2, 0.25) is 0 Å². The van der Waals surface area contributed by atoms with Crippen molar-refractivity contribution in [3.05, 3.63) is 107 Å². The van der Waals surface area contributed by atoms with Crippen LogP contribution in [0.25, 0.3) is 33.3 Å². The van der Waals surface area contributed by atoms with Crippen LogP contribution in [0.3, 0.4) is 0 Å². The molecule has 0 atom stereocenters. The van der Waals surface area contributed by atoms with Crippen LogP contribution >= 0.6 is 0 Å². The standard InChI is InChI=1S/C31H27N7O/c32-20-28-33-14-12-29(36-28)38-16-4-15-37(17-18-38)21-22-7-9-24(10-8-22)30-25(23-5-2-1-3-6-23)19-26-27(35-30)11-13-34-31(26)39/h1-3,5-14,19H,4,15-18,21H2,(H,34,39). The second-order valence-electron chi connectivity index (χ2n) is 9.65. The summed E-state index contributed by atoms with van der Waals surface area (Å²) in [5.74, 6) is 1.02. The molecule has 0 bridgehead atoms. The summed E-state index contributed by atoms with van der Waals surface area (Å²) in [5.41, 5.74) is 5.60. The van der Waals surface area contributed by atoms with Crippen LogP contribution in [0.5, 0.6) is 0 Å². The fourth-order valence-electron chi connectivity index (χ4n) is 5.13. The molecule has 3 aromatic heterocycles. The SMILES string of the molecule is N#Cc1nccc(N2CCCN(Cc3ccc(-c4nc5cc[nH]c(=O)c5cc4-c4ccccc4)cc3)CC2)n1. The van der Waals surface area contributed by atoms with Crippen LogP contribution in [-0.2, 0) is 6.54 Å². The predicted molar refractivity (Wildman–Crippen MR) is 152 cm³/mol. The molecule has 1 N–H and O–H groups in total. The molecular weight excluding hydrogens is 486 g/mol. The highest BCUT2D eigenvalue weighted by molar-refractivity contribution is 5.91. The predicted octanol–water partition coefficient (Wildman–Crippen LogP) is 4.63. The van der Waals surface area contributed by atoms with E-state index in [0.29, 0.717) is 10.9 Å². The zero-order valence-corrected chi connectivity index (χ0v) is 21.4. The summed E-state index contributed by atoms with van der Waals surface area (Å²) in [7, 11) is 0. The Hall–Kier alpha value is -4.87. The second-order valence-corrected chi connectivity index (χ2v) is 9.65. The lowest BCUT2D eigenvalue weighted by Gasteiger charge is -2.22. The number of nitrogens with zero attached hydrogens (tertiary/aromatic N) is 6. The number of nitrogens with one attached hydrogen (secondary N) is 1. The average molecular weight is 514 g/mol. The highest BCUT2D eigenvalue weighted by Gasteiger charge is 2.18. The van der Waals surface area contributed by atoms with Crippen LogP contribution < -0.4 is 10.5 Å². The number of nitriles is 1. The van der Waals surface area contributed by atoms with Gasteiger partial charge in [0.2, 0.25) is 5.82 Å². The summed E-state index contributed by atoms with van der Waals surface area (Å²) in [6.07, 6.45) is 4.31. The number of anilines is 1. The first-order chi connectivity index (χ1) is 19.2. The Morgan fingerprint density at radius 3 is 2.56 bits per heavy atom. The molecule has 6 rings (SSSR count). The number of pyridine rings is 2. The normalized spacial score (nSPS) is 14.2. The van der Waals surface area contributed by atoms with Gasteiger partial charge < -0.3 is 9.88 Å². The van der Waals surface area contributed by atoms with Crippen molar-refractivity contribution in [3.63, 3.8) is 0 Å². The fourth-order valence-corrected chi connectivity index (χ4v) is 5.13. The number of aromatic amines is 1. The number of benzene rings is 2. The lowest BCUT2D eigenvalue weighted by atomic mass is 9.97. The van der Waals surface area contributed by atoms with Crippen LogP contribution in [-0.4, -0.2) is 51.0 Å². The van der Waals surface area contributed by atoms with E-state index in [4.69, 9.17) is 10.2 Å². The Morgan fingerprint density at radius 1 is 0.897 bits per heavy atom. The van der Waals surface area contributed by atoms with Crippen molar-refractivity contribution in [3.8, 4) is 28.5 Å². The molecular formula is C31H27N7O. The first-order valence-electron chi connectivity index (χ1n) is 13.1. The molecule has 5 aromatic rings. The summed E-state index contributed by atoms with van der Waals surface area (Å²) < 4.78 is 0. The average Bonchev–Trinajstić information content (AvgIpc) is 3.23. The minimum Gasteiger partial charge on any atom is -0.355 e. The molecule has 0 aliphatic carbocycles. The third-order valence-electron chi connectivity index (χ3n) is 7.12. The van der Waals surface area contributed by atoms with E-state index in [1.165, 1.54) is 5.56 Å². The van der Waals surface area contributed by atoms with E-state index in [2.05, 4.69) is 49.0 Å². The Balaban J connectivity index is 1.22. The van der Waals surface area contributed by atoms with Crippen molar-refractivity contribution >= 4 is 16.7 Å². The van der Waals surface area contributed by atoms with Gasteiger partial charge in [-0.05, 0) is 35.7 Å². The quantitative estimate of drug-likeness (QED) is 0.366. The molecule has 1 aliphatic heterocycles. The molecule has 0 radical (unpaired) electrons. The molecule has 4 heterocycles. The zero-order valence-electron chi connectivity index (χ0n) is 21.4. The number of hydrogen-bond acceptors (Lipinski definition) is 7. The van der Waals surface area contributed by atoms with E-state index in [-0.39, 0.29) is 11.4 Å². The third kappa shape index (κ3) is 5.26. The largest absolute Gasteiger partial charge is 0.355 e. The molecule has 0 saturated carbocycles. The highest BCUT2D eigenvalue weighted by Crippen LogP contribution is 2.32. The van der Waals surface area contributed by atoms with E-state index in [1.807, 2.05) is 54.6 Å². The summed E-state index contributed by atoms with van der Waals surface area (Å²) >= 11 is 0. The van der Waals surface area contributed by atoms with Gasteiger partial charge in [0.05, 0.1) is 16.6 Å². The number of fused-ring (bicyclic) bond motifs is 1. The second kappa shape index (κ2) is 10.9. The van der Waals surface area contributed by atoms with Gasteiger partial charge in [0, 0.05) is 56.2 Å². The molecule has 192 valence electrons. The van der Waals surface area contributed by atoms with Crippen LogP contribution in [0.1, 0.15) is 17.8 Å². The maximum absolute atomic E-state index is 12.5. The maximum atomic E-state index is 12.5. The molecule has 2 aromatic carbocycles.